The van der Waals surface area contributed by atoms with Gasteiger partial charge in [-0.1, -0.05) is 46.3 Å². The van der Waals surface area contributed by atoms with E-state index in [1.54, 1.807) is 0 Å². The molecule has 2 heterocycles. The first-order valence-corrected chi connectivity index (χ1v) is 8.81. The molecule has 4 aromatic rings. The van der Waals surface area contributed by atoms with Crippen LogP contribution in [0.15, 0.2) is 68.6 Å². The number of hydrogen-bond acceptors (Lipinski definition) is 5. The van der Waals surface area contributed by atoms with Gasteiger partial charge in [-0.25, -0.2) is 4.98 Å². The van der Waals surface area contributed by atoms with E-state index in [0.29, 0.717) is 10.8 Å². The third-order valence-electron chi connectivity index (χ3n) is 3.53. The highest BCUT2D eigenvalue weighted by atomic mass is 79.9. The van der Waals surface area contributed by atoms with Gasteiger partial charge in [0.1, 0.15) is 0 Å². The van der Waals surface area contributed by atoms with Crippen LogP contribution in [0, 0.1) is 0 Å². The van der Waals surface area contributed by atoms with Gasteiger partial charge in [0.25, 0.3) is 0 Å². The maximum absolute atomic E-state index is 9.99. The minimum atomic E-state index is 0.00430. The van der Waals surface area contributed by atoms with Crippen LogP contribution < -0.4 is 0 Å². The first kappa shape index (κ1) is 15.0. The molecule has 2 N–H and O–H groups in total. The number of aromatic nitrogens is 2. The molecule has 0 amide bonds. The second-order valence-corrected chi connectivity index (χ2v) is 6.84. The number of benzene rings is 2. The monoisotopic (exact) mass is 398 g/mol. The minimum Gasteiger partial charge on any atom is -0.493 e. The van der Waals surface area contributed by atoms with E-state index in [-0.39, 0.29) is 5.88 Å². The summed E-state index contributed by atoms with van der Waals surface area (Å²) in [4.78, 5) is 7.35. The third kappa shape index (κ3) is 2.83. The van der Waals surface area contributed by atoms with Crippen LogP contribution in [-0.4, -0.2) is 15.1 Å². The highest BCUT2D eigenvalue weighted by Crippen LogP contribution is 2.36. The Kier molecular flexibility index (Phi) is 3.87. The second-order valence-electron chi connectivity index (χ2n) is 5.09. The number of H-pyrrole nitrogens is 1. The zero-order valence-electron chi connectivity index (χ0n) is 12.3. The Morgan fingerprint density at radius 2 is 1.83 bits per heavy atom. The summed E-state index contributed by atoms with van der Waals surface area (Å²) in [6, 6.07) is 15.5. The molecule has 0 atom stereocenters. The third-order valence-corrected chi connectivity index (χ3v) is 4.78. The van der Waals surface area contributed by atoms with Gasteiger partial charge in [0.2, 0.25) is 11.0 Å². The molecular weight excluding hydrogens is 388 g/mol. The minimum absolute atomic E-state index is 0.00430. The Bertz CT molecular complexity index is 1040. The molecule has 0 fully saturated rings. The van der Waals surface area contributed by atoms with Crippen molar-refractivity contribution in [1.82, 2.24) is 9.97 Å². The molecule has 0 saturated heterocycles. The van der Waals surface area contributed by atoms with E-state index in [1.165, 1.54) is 11.3 Å². The van der Waals surface area contributed by atoms with Gasteiger partial charge in [-0.15, -0.1) is 21.6 Å². The van der Waals surface area contributed by atoms with Crippen molar-refractivity contribution in [2.24, 2.45) is 10.2 Å². The van der Waals surface area contributed by atoms with Crippen molar-refractivity contribution in [1.29, 1.82) is 0 Å². The molecule has 2 aromatic carbocycles. The van der Waals surface area contributed by atoms with E-state index in [4.69, 9.17) is 0 Å². The summed E-state index contributed by atoms with van der Waals surface area (Å²) in [6.07, 6.45) is 0. The lowest BCUT2D eigenvalue weighted by Crippen LogP contribution is -1.75. The molecule has 0 bridgehead atoms. The number of thiazole rings is 1. The van der Waals surface area contributed by atoms with Crippen LogP contribution in [0.25, 0.3) is 22.2 Å². The summed E-state index contributed by atoms with van der Waals surface area (Å²) in [6.45, 7) is 0. The number of fused-ring (bicyclic) bond motifs is 1. The maximum atomic E-state index is 9.99. The van der Waals surface area contributed by atoms with Crippen LogP contribution in [-0.2, 0) is 0 Å². The zero-order valence-corrected chi connectivity index (χ0v) is 14.7. The van der Waals surface area contributed by atoms with Gasteiger partial charge in [0, 0.05) is 20.8 Å². The van der Waals surface area contributed by atoms with Gasteiger partial charge in [-0.2, -0.15) is 0 Å². The van der Waals surface area contributed by atoms with Crippen molar-refractivity contribution >= 4 is 49.0 Å². The molecule has 0 saturated carbocycles. The number of nitrogens with one attached hydrogen (secondary N) is 1. The summed E-state index contributed by atoms with van der Waals surface area (Å²) in [7, 11) is 0. The van der Waals surface area contributed by atoms with Crippen molar-refractivity contribution in [3.8, 4) is 17.1 Å². The van der Waals surface area contributed by atoms with Crippen molar-refractivity contribution in [2.45, 2.75) is 0 Å². The Labute approximate surface area is 149 Å². The van der Waals surface area contributed by atoms with Gasteiger partial charge < -0.3 is 10.1 Å². The largest absolute Gasteiger partial charge is 0.493 e. The van der Waals surface area contributed by atoms with E-state index >= 15 is 0 Å². The van der Waals surface area contributed by atoms with E-state index in [0.717, 1.165) is 26.6 Å². The van der Waals surface area contributed by atoms with Crippen molar-refractivity contribution in [3.63, 3.8) is 0 Å². The first-order valence-electron chi connectivity index (χ1n) is 7.13. The summed E-state index contributed by atoms with van der Waals surface area (Å²) >= 11 is 4.83. The fraction of sp³-hybridized carbons (Fsp3) is 0. The second kappa shape index (κ2) is 6.18. The number of hydrogen-bond donors (Lipinski definition) is 2. The van der Waals surface area contributed by atoms with E-state index < -0.39 is 0 Å². The van der Waals surface area contributed by atoms with Crippen LogP contribution in [0.3, 0.4) is 0 Å². The number of aromatic amines is 1. The molecule has 0 radical (unpaired) electrons. The summed E-state index contributed by atoms with van der Waals surface area (Å²) in [5.41, 5.74) is 3.11. The Balaban J connectivity index is 1.64. The molecule has 0 spiro atoms. The summed E-state index contributed by atoms with van der Waals surface area (Å²) < 4.78 is 1.02. The number of rotatable bonds is 3. The predicted octanol–water partition coefficient (Wildman–Crippen LogP) is 6.17. The van der Waals surface area contributed by atoms with Crippen molar-refractivity contribution in [2.75, 3.05) is 0 Å². The SMILES string of the molecule is Oc1[nH]c2ccccc2c1N=Nc1nc(-c2ccc(Br)cc2)cs1. The van der Waals surface area contributed by atoms with Crippen LogP contribution in [0.2, 0.25) is 0 Å². The number of azo groups is 1. The van der Waals surface area contributed by atoms with Crippen LogP contribution in [0.5, 0.6) is 5.88 Å². The number of para-hydroxylation sites is 1. The average molecular weight is 399 g/mol. The molecule has 0 aliphatic rings. The summed E-state index contributed by atoms with van der Waals surface area (Å²) in [5.74, 6) is 0.00430. The molecular formula is C17H11BrN4OS. The topological polar surface area (TPSA) is 73.6 Å². The highest BCUT2D eigenvalue weighted by Gasteiger charge is 2.10. The Morgan fingerprint density at radius 3 is 2.67 bits per heavy atom. The van der Waals surface area contributed by atoms with Crippen LogP contribution >= 0.6 is 27.3 Å². The van der Waals surface area contributed by atoms with Crippen molar-refractivity contribution in [3.05, 3.63) is 58.4 Å². The average Bonchev–Trinajstić information content (AvgIpc) is 3.17. The molecule has 0 aliphatic heterocycles. The van der Waals surface area contributed by atoms with Gasteiger partial charge in [-0.05, 0) is 18.2 Å². The smallest absolute Gasteiger partial charge is 0.230 e. The Morgan fingerprint density at radius 1 is 1.04 bits per heavy atom. The van der Waals surface area contributed by atoms with Crippen LogP contribution in [0.1, 0.15) is 0 Å². The number of nitrogens with zero attached hydrogens (tertiary/aromatic N) is 3. The number of halogens is 1. The standard InChI is InChI=1S/C17H11BrN4OS/c18-11-7-5-10(6-8-11)14-9-24-17(20-14)22-21-15-12-3-1-2-4-13(12)19-16(15)23/h1-9,19,23H. The van der Waals surface area contributed by atoms with E-state index in [1.807, 2.05) is 53.9 Å². The fourth-order valence-electron chi connectivity index (χ4n) is 2.37. The van der Waals surface area contributed by atoms with Crippen LogP contribution in [0.4, 0.5) is 10.8 Å². The molecule has 7 heteroatoms. The van der Waals surface area contributed by atoms with Gasteiger partial charge in [-0.3, -0.25) is 0 Å². The summed E-state index contributed by atoms with van der Waals surface area (Å²) in [5, 5.41) is 21.6. The zero-order chi connectivity index (χ0) is 16.5. The molecule has 0 unspecified atom stereocenters. The maximum Gasteiger partial charge on any atom is 0.230 e. The molecule has 2 aromatic heterocycles. The number of aromatic hydroxyl groups is 1. The molecule has 0 aliphatic carbocycles. The fourth-order valence-corrected chi connectivity index (χ4v) is 3.28. The predicted molar refractivity (Wildman–Crippen MR) is 99.4 cm³/mol. The lowest BCUT2D eigenvalue weighted by Gasteiger charge is -1.95. The van der Waals surface area contributed by atoms with E-state index in [9.17, 15) is 5.11 Å². The normalized spacial score (nSPS) is 11.5. The molecule has 5 nitrogen and oxygen atoms in total. The van der Waals surface area contributed by atoms with Gasteiger partial charge in [0.05, 0.1) is 11.2 Å². The Hall–Kier alpha value is -2.51. The first-order chi connectivity index (χ1) is 11.7. The highest BCUT2D eigenvalue weighted by molar-refractivity contribution is 9.10. The van der Waals surface area contributed by atoms with Crippen molar-refractivity contribution < 1.29 is 5.11 Å². The molecule has 24 heavy (non-hydrogen) atoms. The van der Waals surface area contributed by atoms with Gasteiger partial charge in [0.15, 0.2) is 5.69 Å². The molecule has 4 rings (SSSR count). The quantitative estimate of drug-likeness (QED) is 0.404. The van der Waals surface area contributed by atoms with Gasteiger partial charge >= 0.3 is 0 Å². The molecule has 118 valence electrons. The van der Waals surface area contributed by atoms with E-state index in [2.05, 4.69) is 36.1 Å². The lowest BCUT2D eigenvalue weighted by molar-refractivity contribution is 0.459. The lowest BCUT2D eigenvalue weighted by atomic mass is 10.2.